The maximum atomic E-state index is 11.9. The molecule has 1 amide bonds. The van der Waals surface area contributed by atoms with Crippen LogP contribution >= 0.6 is 0 Å². The van der Waals surface area contributed by atoms with Crippen molar-refractivity contribution in [1.82, 2.24) is 20.3 Å². The first-order valence-electron chi connectivity index (χ1n) is 6.14. The molecule has 19 heavy (non-hydrogen) atoms. The molecule has 0 radical (unpaired) electrons. The van der Waals surface area contributed by atoms with Crippen molar-refractivity contribution >= 4 is 11.6 Å². The van der Waals surface area contributed by atoms with Gasteiger partial charge in [0.05, 0.1) is 6.20 Å². The van der Waals surface area contributed by atoms with Crippen molar-refractivity contribution in [3.05, 3.63) is 41.7 Å². The number of rotatable bonds is 5. The fourth-order valence-electron chi connectivity index (χ4n) is 1.84. The summed E-state index contributed by atoms with van der Waals surface area (Å²) in [6.07, 6.45) is 4.23. The summed E-state index contributed by atoms with van der Waals surface area (Å²) in [6.45, 7) is 3.24. The van der Waals surface area contributed by atoms with Crippen molar-refractivity contribution in [3.63, 3.8) is 0 Å². The number of carbonyl (C=O) groups excluding carboxylic acids is 1. The molecule has 1 aromatic carbocycles. The predicted octanol–water partition coefficient (Wildman–Crippen LogP) is 0.989. The fraction of sp³-hybridized carbons (Fsp3) is 0.308. The maximum Gasteiger partial charge on any atom is 0.251 e. The van der Waals surface area contributed by atoms with E-state index in [4.69, 9.17) is 5.73 Å². The zero-order valence-corrected chi connectivity index (χ0v) is 10.8. The van der Waals surface area contributed by atoms with Crippen LogP contribution in [0.3, 0.4) is 0 Å². The highest BCUT2D eigenvalue weighted by atomic mass is 16.1. The first-order chi connectivity index (χ1) is 9.15. The number of benzene rings is 1. The van der Waals surface area contributed by atoms with Crippen molar-refractivity contribution < 1.29 is 4.79 Å². The van der Waals surface area contributed by atoms with Crippen LogP contribution in [0, 0.1) is 6.92 Å². The van der Waals surface area contributed by atoms with Crippen molar-refractivity contribution in [3.8, 4) is 0 Å². The number of hydrogen-bond acceptors (Lipinski definition) is 4. The number of amides is 1. The van der Waals surface area contributed by atoms with E-state index in [-0.39, 0.29) is 5.91 Å². The summed E-state index contributed by atoms with van der Waals surface area (Å²) in [5.74, 6) is -0.103. The number of carbonyl (C=O) groups is 1. The van der Waals surface area contributed by atoms with Crippen molar-refractivity contribution in [1.29, 1.82) is 0 Å². The van der Waals surface area contributed by atoms with Gasteiger partial charge in [-0.1, -0.05) is 5.21 Å². The second-order valence-corrected chi connectivity index (χ2v) is 4.41. The molecule has 0 saturated carbocycles. The molecule has 0 fully saturated rings. The molecule has 0 aliphatic rings. The zero-order valence-electron chi connectivity index (χ0n) is 10.8. The molecule has 3 N–H and O–H groups in total. The lowest BCUT2D eigenvalue weighted by atomic mass is 10.1. The molecule has 1 heterocycles. The van der Waals surface area contributed by atoms with Gasteiger partial charge in [-0.2, -0.15) is 0 Å². The third-order valence-electron chi connectivity index (χ3n) is 2.68. The molecule has 0 saturated heterocycles. The van der Waals surface area contributed by atoms with Crippen LogP contribution in [0.25, 0.3) is 0 Å². The van der Waals surface area contributed by atoms with Gasteiger partial charge in [0.2, 0.25) is 0 Å². The second kappa shape index (κ2) is 5.99. The molecule has 2 aromatic rings. The Bertz CT molecular complexity index is 530. The number of hydrogen-bond donors (Lipinski definition) is 2. The predicted molar refractivity (Wildman–Crippen MR) is 72.6 cm³/mol. The Hall–Kier alpha value is -2.37. The Morgan fingerprint density at radius 2 is 2.26 bits per heavy atom. The number of aryl methyl sites for hydroxylation is 2. The number of nitrogen functional groups attached to an aromatic ring is 1. The molecule has 100 valence electrons. The topological polar surface area (TPSA) is 85.8 Å². The van der Waals surface area contributed by atoms with Crippen LogP contribution in [0.2, 0.25) is 0 Å². The van der Waals surface area contributed by atoms with Crippen LogP contribution in [-0.2, 0) is 6.54 Å². The summed E-state index contributed by atoms with van der Waals surface area (Å²) < 4.78 is 1.73. The minimum Gasteiger partial charge on any atom is -0.399 e. The second-order valence-electron chi connectivity index (χ2n) is 4.41. The highest BCUT2D eigenvalue weighted by Crippen LogP contribution is 2.10. The first kappa shape index (κ1) is 13.1. The molecular weight excluding hydrogens is 242 g/mol. The molecule has 6 nitrogen and oxygen atoms in total. The number of nitrogens with one attached hydrogen (secondary N) is 1. The smallest absolute Gasteiger partial charge is 0.251 e. The molecular formula is C13H17N5O. The van der Waals surface area contributed by atoms with Crippen LogP contribution in [-0.4, -0.2) is 27.4 Å². The Morgan fingerprint density at radius 1 is 1.42 bits per heavy atom. The summed E-state index contributed by atoms with van der Waals surface area (Å²) in [7, 11) is 0. The molecule has 2 rings (SSSR count). The van der Waals surface area contributed by atoms with Gasteiger partial charge < -0.3 is 11.1 Å². The lowest BCUT2D eigenvalue weighted by Gasteiger charge is -2.07. The van der Waals surface area contributed by atoms with Crippen molar-refractivity contribution in [2.24, 2.45) is 0 Å². The number of nitrogens with two attached hydrogens (primary N) is 1. The van der Waals surface area contributed by atoms with E-state index in [9.17, 15) is 4.79 Å². The van der Waals surface area contributed by atoms with E-state index in [0.717, 1.165) is 18.5 Å². The Balaban J connectivity index is 1.80. The first-order valence-corrected chi connectivity index (χ1v) is 6.14. The van der Waals surface area contributed by atoms with E-state index >= 15 is 0 Å². The van der Waals surface area contributed by atoms with Gasteiger partial charge in [-0.05, 0) is 37.1 Å². The fourth-order valence-corrected chi connectivity index (χ4v) is 1.84. The van der Waals surface area contributed by atoms with E-state index in [1.807, 2.05) is 19.1 Å². The highest BCUT2D eigenvalue weighted by molar-refractivity contribution is 5.95. The lowest BCUT2D eigenvalue weighted by molar-refractivity contribution is 0.0952. The standard InChI is InChI=1S/C13H17N5O/c1-10-7-11(9-12(14)8-10)13(19)15-3-2-5-18-6-4-16-17-18/h4,6-9H,2-3,5,14H2,1H3,(H,15,19). The van der Waals surface area contributed by atoms with E-state index in [1.165, 1.54) is 0 Å². The summed E-state index contributed by atoms with van der Waals surface area (Å²) in [5.41, 5.74) is 7.90. The maximum absolute atomic E-state index is 11.9. The van der Waals surface area contributed by atoms with Gasteiger partial charge in [0.25, 0.3) is 5.91 Å². The molecule has 0 atom stereocenters. The van der Waals surface area contributed by atoms with E-state index in [1.54, 1.807) is 23.1 Å². The molecule has 1 aromatic heterocycles. The van der Waals surface area contributed by atoms with Gasteiger partial charge in [-0.3, -0.25) is 9.48 Å². The molecule has 6 heteroatoms. The SMILES string of the molecule is Cc1cc(N)cc(C(=O)NCCCn2ccnn2)c1. The van der Waals surface area contributed by atoms with Gasteiger partial charge in [0.1, 0.15) is 0 Å². The molecule has 0 unspecified atom stereocenters. The van der Waals surface area contributed by atoms with Gasteiger partial charge in [-0.15, -0.1) is 5.10 Å². The van der Waals surface area contributed by atoms with Gasteiger partial charge in [0, 0.05) is 30.5 Å². The Kier molecular flexibility index (Phi) is 4.12. The summed E-state index contributed by atoms with van der Waals surface area (Å²) in [5, 5.41) is 10.4. The largest absolute Gasteiger partial charge is 0.399 e. The summed E-state index contributed by atoms with van der Waals surface area (Å²) in [6, 6.07) is 5.34. The quantitative estimate of drug-likeness (QED) is 0.619. The number of aromatic nitrogens is 3. The average Bonchev–Trinajstić information content (AvgIpc) is 2.86. The van der Waals surface area contributed by atoms with E-state index < -0.39 is 0 Å². The molecule has 0 aliphatic carbocycles. The van der Waals surface area contributed by atoms with Crippen LogP contribution < -0.4 is 11.1 Å². The molecule has 0 spiro atoms. The molecule has 0 aliphatic heterocycles. The van der Waals surface area contributed by atoms with E-state index in [2.05, 4.69) is 15.6 Å². The minimum atomic E-state index is -0.103. The van der Waals surface area contributed by atoms with Gasteiger partial charge >= 0.3 is 0 Å². The van der Waals surface area contributed by atoms with Gasteiger partial charge in [-0.25, -0.2) is 0 Å². The third kappa shape index (κ3) is 3.80. The van der Waals surface area contributed by atoms with Crippen LogP contribution in [0.4, 0.5) is 5.69 Å². The number of nitrogens with zero attached hydrogens (tertiary/aromatic N) is 3. The van der Waals surface area contributed by atoms with E-state index in [0.29, 0.717) is 17.8 Å². The van der Waals surface area contributed by atoms with Crippen LogP contribution in [0.5, 0.6) is 0 Å². The van der Waals surface area contributed by atoms with Crippen LogP contribution in [0.1, 0.15) is 22.3 Å². The van der Waals surface area contributed by atoms with Crippen LogP contribution in [0.15, 0.2) is 30.6 Å². The zero-order chi connectivity index (χ0) is 13.7. The monoisotopic (exact) mass is 259 g/mol. The summed E-state index contributed by atoms with van der Waals surface area (Å²) >= 11 is 0. The Labute approximate surface area is 111 Å². The Morgan fingerprint density at radius 3 is 2.95 bits per heavy atom. The van der Waals surface area contributed by atoms with Crippen molar-refractivity contribution in [2.45, 2.75) is 19.9 Å². The third-order valence-corrected chi connectivity index (χ3v) is 2.68. The normalized spacial score (nSPS) is 10.4. The lowest BCUT2D eigenvalue weighted by Crippen LogP contribution is -2.25. The highest BCUT2D eigenvalue weighted by Gasteiger charge is 2.06. The minimum absolute atomic E-state index is 0.103. The summed E-state index contributed by atoms with van der Waals surface area (Å²) in [4.78, 5) is 11.9. The van der Waals surface area contributed by atoms with Crippen molar-refractivity contribution in [2.75, 3.05) is 12.3 Å². The average molecular weight is 259 g/mol. The number of anilines is 1. The molecule has 0 bridgehead atoms. The van der Waals surface area contributed by atoms with Gasteiger partial charge in [0.15, 0.2) is 0 Å².